The lowest BCUT2D eigenvalue weighted by Crippen LogP contribution is -2.18. The number of aryl methyl sites for hydroxylation is 2. The third kappa shape index (κ3) is 3.67. The minimum atomic E-state index is -3.35. The molecular weight excluding hydrogens is 238 g/mol. The predicted octanol–water partition coefficient (Wildman–Crippen LogP) is 0.661. The van der Waals surface area contributed by atoms with E-state index in [9.17, 15) is 8.42 Å². The van der Waals surface area contributed by atoms with Crippen molar-refractivity contribution in [3.05, 3.63) is 23.4 Å². The van der Waals surface area contributed by atoms with Gasteiger partial charge in [-0.2, -0.15) is 0 Å². The molecule has 0 saturated heterocycles. The van der Waals surface area contributed by atoms with Gasteiger partial charge in [0.2, 0.25) is 10.0 Å². The molecule has 0 bridgehead atoms. The van der Waals surface area contributed by atoms with Gasteiger partial charge in [0.15, 0.2) is 0 Å². The first-order valence-corrected chi connectivity index (χ1v) is 7.49. The van der Waals surface area contributed by atoms with Crippen LogP contribution >= 0.6 is 0 Å². The Balaban J connectivity index is 1.84. The number of aromatic nitrogens is 1. The van der Waals surface area contributed by atoms with E-state index >= 15 is 0 Å². The van der Waals surface area contributed by atoms with Gasteiger partial charge in [0.25, 0.3) is 0 Å². The summed E-state index contributed by atoms with van der Waals surface area (Å²) in [7, 11) is -3.35. The molecule has 0 aromatic carbocycles. The lowest BCUT2D eigenvalue weighted by Gasteiger charge is -2.06. The zero-order valence-corrected chi connectivity index (χ0v) is 10.5. The van der Waals surface area contributed by atoms with E-state index in [0.29, 0.717) is 13.0 Å². The summed E-state index contributed by atoms with van der Waals surface area (Å²) < 4.78 is 21.5. The third-order valence-corrected chi connectivity index (χ3v) is 3.70. The van der Waals surface area contributed by atoms with Crippen LogP contribution in [0.25, 0.3) is 0 Å². The van der Waals surface area contributed by atoms with Crippen molar-refractivity contribution in [2.75, 3.05) is 17.6 Å². The highest BCUT2D eigenvalue weighted by Gasteiger charge is 2.12. The van der Waals surface area contributed by atoms with E-state index in [1.165, 1.54) is 17.7 Å². The predicted molar refractivity (Wildman–Crippen MR) is 67.3 cm³/mol. The molecule has 1 aliphatic rings. The number of nitrogens with zero attached hydrogens (tertiary/aromatic N) is 1. The Kier molecular flexibility index (Phi) is 3.63. The largest absolute Gasteiger partial charge is 0.370 e. The van der Waals surface area contributed by atoms with E-state index in [1.807, 2.05) is 6.07 Å². The van der Waals surface area contributed by atoms with Gasteiger partial charge in [-0.1, -0.05) is 6.07 Å². The molecule has 6 heteroatoms. The first-order valence-electron chi connectivity index (χ1n) is 5.78. The number of sulfonamides is 1. The molecule has 0 spiro atoms. The number of pyridine rings is 1. The maximum atomic E-state index is 10.7. The van der Waals surface area contributed by atoms with E-state index in [0.717, 1.165) is 18.7 Å². The second kappa shape index (κ2) is 5.01. The van der Waals surface area contributed by atoms with E-state index in [1.54, 1.807) is 0 Å². The van der Waals surface area contributed by atoms with Crippen LogP contribution in [-0.4, -0.2) is 25.7 Å². The molecule has 2 rings (SSSR count). The number of hydrogen-bond acceptors (Lipinski definition) is 4. The monoisotopic (exact) mass is 255 g/mol. The molecular formula is C11H17N3O2S. The number of rotatable bonds is 5. The normalized spacial score (nSPS) is 14.6. The smallest absolute Gasteiger partial charge is 0.209 e. The molecule has 94 valence electrons. The summed E-state index contributed by atoms with van der Waals surface area (Å²) in [4.78, 5) is 4.50. The zero-order chi connectivity index (χ0) is 12.3. The number of nitrogens with two attached hydrogens (primary N) is 1. The average Bonchev–Trinajstić information content (AvgIpc) is 2.70. The van der Waals surface area contributed by atoms with Crippen LogP contribution in [0.15, 0.2) is 12.1 Å². The van der Waals surface area contributed by atoms with Crippen LogP contribution in [0, 0.1) is 0 Å². The topological polar surface area (TPSA) is 85.1 Å². The number of fused-ring (bicyclic) bond motifs is 1. The van der Waals surface area contributed by atoms with Crippen LogP contribution in [0.3, 0.4) is 0 Å². The summed E-state index contributed by atoms with van der Waals surface area (Å²) in [5, 5.41) is 8.03. The summed E-state index contributed by atoms with van der Waals surface area (Å²) in [6, 6.07) is 4.04. The first-order chi connectivity index (χ1) is 8.04. The minimum absolute atomic E-state index is 0.00490. The Bertz CT molecular complexity index is 499. The number of hydrogen-bond donors (Lipinski definition) is 2. The molecule has 1 aromatic heterocycles. The average molecular weight is 255 g/mol. The quantitative estimate of drug-likeness (QED) is 0.757. The molecule has 0 saturated carbocycles. The Morgan fingerprint density at radius 3 is 2.94 bits per heavy atom. The van der Waals surface area contributed by atoms with Crippen molar-refractivity contribution in [1.82, 2.24) is 4.98 Å². The van der Waals surface area contributed by atoms with Gasteiger partial charge < -0.3 is 5.32 Å². The van der Waals surface area contributed by atoms with Gasteiger partial charge in [0.1, 0.15) is 5.82 Å². The third-order valence-electron chi connectivity index (χ3n) is 2.84. The molecule has 1 heterocycles. The minimum Gasteiger partial charge on any atom is -0.370 e. The second-order valence-electron chi connectivity index (χ2n) is 4.30. The Hall–Kier alpha value is -1.14. The first kappa shape index (κ1) is 12.3. The lowest BCUT2D eigenvalue weighted by atomic mass is 10.2. The molecule has 0 unspecified atom stereocenters. The summed E-state index contributed by atoms with van der Waals surface area (Å²) in [6.45, 7) is 0.572. The molecule has 3 N–H and O–H groups in total. The van der Waals surface area contributed by atoms with Crippen LogP contribution in [0.2, 0.25) is 0 Å². The van der Waals surface area contributed by atoms with Crippen LogP contribution in [0.1, 0.15) is 24.1 Å². The van der Waals surface area contributed by atoms with Gasteiger partial charge in [0.05, 0.1) is 5.75 Å². The highest BCUT2D eigenvalue weighted by atomic mass is 32.2. The molecule has 1 aliphatic carbocycles. The highest BCUT2D eigenvalue weighted by Crippen LogP contribution is 2.21. The van der Waals surface area contributed by atoms with Crippen molar-refractivity contribution in [3.63, 3.8) is 0 Å². The van der Waals surface area contributed by atoms with Crippen molar-refractivity contribution in [2.24, 2.45) is 5.14 Å². The summed E-state index contributed by atoms with van der Waals surface area (Å²) in [6.07, 6.45) is 3.84. The van der Waals surface area contributed by atoms with E-state index < -0.39 is 10.0 Å². The van der Waals surface area contributed by atoms with E-state index in [4.69, 9.17) is 5.14 Å². The van der Waals surface area contributed by atoms with Crippen molar-refractivity contribution in [2.45, 2.75) is 25.7 Å². The van der Waals surface area contributed by atoms with E-state index in [2.05, 4.69) is 16.4 Å². The maximum Gasteiger partial charge on any atom is 0.209 e. The van der Waals surface area contributed by atoms with Gasteiger partial charge in [-0.15, -0.1) is 0 Å². The lowest BCUT2D eigenvalue weighted by molar-refractivity contribution is 0.595. The van der Waals surface area contributed by atoms with E-state index in [-0.39, 0.29) is 5.75 Å². The number of nitrogens with one attached hydrogen (secondary N) is 1. The van der Waals surface area contributed by atoms with Gasteiger partial charge in [-0.05, 0) is 37.3 Å². The Morgan fingerprint density at radius 2 is 2.18 bits per heavy atom. The fourth-order valence-corrected chi connectivity index (χ4v) is 2.56. The molecule has 0 amide bonds. The molecule has 0 atom stereocenters. The van der Waals surface area contributed by atoms with Crippen LogP contribution in [0.5, 0.6) is 0 Å². The van der Waals surface area contributed by atoms with Gasteiger partial charge in [0, 0.05) is 12.2 Å². The fourth-order valence-electron chi connectivity index (χ4n) is 2.01. The zero-order valence-electron chi connectivity index (χ0n) is 9.65. The molecule has 17 heavy (non-hydrogen) atoms. The van der Waals surface area contributed by atoms with Crippen molar-refractivity contribution >= 4 is 15.8 Å². The maximum absolute atomic E-state index is 10.7. The fraction of sp³-hybridized carbons (Fsp3) is 0.545. The highest BCUT2D eigenvalue weighted by molar-refractivity contribution is 7.89. The summed E-state index contributed by atoms with van der Waals surface area (Å²) in [5.41, 5.74) is 2.50. The molecule has 0 aliphatic heterocycles. The number of anilines is 1. The van der Waals surface area contributed by atoms with Crippen LogP contribution in [-0.2, 0) is 22.9 Å². The van der Waals surface area contributed by atoms with Crippen LogP contribution in [0.4, 0.5) is 5.82 Å². The SMILES string of the molecule is NS(=O)(=O)CCCNc1ccc2c(n1)CCC2. The second-order valence-corrected chi connectivity index (χ2v) is 6.04. The van der Waals surface area contributed by atoms with Gasteiger partial charge >= 0.3 is 0 Å². The van der Waals surface area contributed by atoms with Gasteiger partial charge in [-0.3, -0.25) is 0 Å². The summed E-state index contributed by atoms with van der Waals surface area (Å²) >= 11 is 0. The Labute approximate surface area is 101 Å². The Morgan fingerprint density at radius 1 is 1.35 bits per heavy atom. The van der Waals surface area contributed by atoms with Crippen molar-refractivity contribution in [1.29, 1.82) is 0 Å². The molecule has 1 aromatic rings. The van der Waals surface area contributed by atoms with Crippen LogP contribution < -0.4 is 10.5 Å². The van der Waals surface area contributed by atoms with Crippen molar-refractivity contribution in [3.8, 4) is 0 Å². The van der Waals surface area contributed by atoms with Gasteiger partial charge in [-0.25, -0.2) is 18.5 Å². The molecule has 0 radical (unpaired) electrons. The standard InChI is InChI=1S/C11H17N3O2S/c12-17(15,16)8-2-7-13-11-6-5-9-3-1-4-10(9)14-11/h5-6H,1-4,7-8H2,(H,13,14)(H2,12,15,16). The number of primary sulfonamides is 1. The molecule has 5 nitrogen and oxygen atoms in total. The van der Waals surface area contributed by atoms with Crippen molar-refractivity contribution < 1.29 is 8.42 Å². The molecule has 0 fully saturated rings. The summed E-state index contributed by atoms with van der Waals surface area (Å²) in [5.74, 6) is 0.824.